The molecule has 0 aliphatic carbocycles. The summed E-state index contributed by atoms with van der Waals surface area (Å²) >= 11 is 0. The Labute approximate surface area is 82.6 Å². The van der Waals surface area contributed by atoms with Crippen molar-refractivity contribution in [3.63, 3.8) is 0 Å². The Hall–Kier alpha value is -0.940. The smallest absolute Gasteiger partial charge is 0.226 e. The fourth-order valence-electron chi connectivity index (χ4n) is 1.56. The van der Waals surface area contributed by atoms with Crippen LogP contribution in [0.1, 0.15) is 31.5 Å². The maximum absolute atomic E-state index is 6.18. The average Bonchev–Trinajstić information content (AvgIpc) is 2.67. The maximum atomic E-state index is 6.18. The number of hydrogen-bond acceptors (Lipinski definition) is 5. The molecule has 2 N–H and O–H groups in total. The van der Waals surface area contributed by atoms with Crippen LogP contribution >= 0.6 is 0 Å². The lowest BCUT2D eigenvalue weighted by molar-refractivity contribution is 0.0484. The lowest BCUT2D eigenvalue weighted by Crippen LogP contribution is -2.43. The Balaban J connectivity index is 2.19. The van der Waals surface area contributed by atoms with Crippen LogP contribution < -0.4 is 5.73 Å². The zero-order chi connectivity index (χ0) is 10.0. The normalized spacial score (nSPS) is 21.0. The molecule has 0 amide bonds. The van der Waals surface area contributed by atoms with Gasteiger partial charge < -0.3 is 15.0 Å². The van der Waals surface area contributed by atoms with Crippen LogP contribution in [-0.4, -0.2) is 23.4 Å². The van der Waals surface area contributed by atoms with Gasteiger partial charge in [-0.15, -0.1) is 0 Å². The van der Waals surface area contributed by atoms with Crippen molar-refractivity contribution in [1.82, 2.24) is 10.1 Å². The van der Waals surface area contributed by atoms with Gasteiger partial charge in [-0.1, -0.05) is 12.1 Å². The summed E-state index contributed by atoms with van der Waals surface area (Å²) in [7, 11) is 0. The van der Waals surface area contributed by atoms with E-state index in [-0.39, 0.29) is 0 Å². The first-order valence-corrected chi connectivity index (χ1v) is 4.94. The van der Waals surface area contributed by atoms with E-state index in [1.54, 1.807) is 0 Å². The molecule has 2 rings (SSSR count). The van der Waals surface area contributed by atoms with Gasteiger partial charge in [-0.25, -0.2) is 0 Å². The predicted molar refractivity (Wildman–Crippen MR) is 49.6 cm³/mol. The molecule has 0 spiro atoms. The largest absolute Gasteiger partial charge is 0.381 e. The molecular formula is C9H15N3O2. The van der Waals surface area contributed by atoms with E-state index < -0.39 is 5.54 Å². The van der Waals surface area contributed by atoms with E-state index in [2.05, 4.69) is 10.1 Å². The number of aryl methyl sites for hydroxylation is 1. The minimum atomic E-state index is -0.449. The van der Waals surface area contributed by atoms with Gasteiger partial charge in [-0.3, -0.25) is 0 Å². The summed E-state index contributed by atoms with van der Waals surface area (Å²) in [5, 5.41) is 3.92. The Morgan fingerprint density at radius 2 is 2.14 bits per heavy atom. The van der Waals surface area contributed by atoms with Gasteiger partial charge in [0.25, 0.3) is 0 Å². The topological polar surface area (TPSA) is 74.2 Å². The Morgan fingerprint density at radius 3 is 2.71 bits per heavy atom. The molecule has 0 atom stereocenters. The zero-order valence-electron chi connectivity index (χ0n) is 8.32. The fourth-order valence-corrected chi connectivity index (χ4v) is 1.56. The van der Waals surface area contributed by atoms with Crippen LogP contribution in [0.2, 0.25) is 0 Å². The molecule has 78 valence electrons. The third kappa shape index (κ3) is 1.65. The van der Waals surface area contributed by atoms with Crippen LogP contribution in [0.15, 0.2) is 4.52 Å². The predicted octanol–water partition coefficient (Wildman–Crippen LogP) is 0.596. The van der Waals surface area contributed by atoms with Crippen LogP contribution in [0.4, 0.5) is 0 Å². The molecule has 1 aromatic rings. The number of nitrogens with zero attached hydrogens (tertiary/aromatic N) is 2. The molecule has 0 radical (unpaired) electrons. The van der Waals surface area contributed by atoms with Gasteiger partial charge in [0.1, 0.15) is 0 Å². The molecule has 14 heavy (non-hydrogen) atoms. The molecule has 1 aromatic heterocycles. The Bertz CT molecular complexity index is 305. The first-order chi connectivity index (χ1) is 6.74. The molecule has 1 aliphatic heterocycles. The molecular weight excluding hydrogens is 182 g/mol. The lowest BCUT2D eigenvalue weighted by Gasteiger charge is -2.29. The Morgan fingerprint density at radius 1 is 1.43 bits per heavy atom. The van der Waals surface area contributed by atoms with Gasteiger partial charge >= 0.3 is 0 Å². The van der Waals surface area contributed by atoms with E-state index in [4.69, 9.17) is 15.0 Å². The van der Waals surface area contributed by atoms with E-state index in [0.29, 0.717) is 24.9 Å². The summed E-state index contributed by atoms with van der Waals surface area (Å²) in [4.78, 5) is 4.27. The van der Waals surface area contributed by atoms with Gasteiger partial charge in [-0.05, 0) is 12.8 Å². The summed E-state index contributed by atoms with van der Waals surface area (Å²) in [5.74, 6) is 1.27. The van der Waals surface area contributed by atoms with Crippen molar-refractivity contribution in [2.75, 3.05) is 13.2 Å². The van der Waals surface area contributed by atoms with Crippen molar-refractivity contribution in [2.45, 2.75) is 31.7 Å². The molecule has 1 saturated heterocycles. The second-order valence-electron chi connectivity index (χ2n) is 3.63. The number of aromatic nitrogens is 2. The van der Waals surface area contributed by atoms with Crippen molar-refractivity contribution in [2.24, 2.45) is 5.73 Å². The number of ether oxygens (including phenoxy) is 1. The standard InChI is InChI=1S/C9H15N3O2/c1-2-7-11-8(12-14-7)9(10)3-5-13-6-4-9/h2-6,10H2,1H3. The van der Waals surface area contributed by atoms with E-state index >= 15 is 0 Å². The van der Waals surface area contributed by atoms with Crippen LogP contribution in [0.25, 0.3) is 0 Å². The van der Waals surface area contributed by atoms with E-state index in [9.17, 15) is 0 Å². The SMILES string of the molecule is CCc1nc(C2(N)CCOCC2)no1. The monoisotopic (exact) mass is 197 g/mol. The summed E-state index contributed by atoms with van der Waals surface area (Å²) in [6.07, 6.45) is 2.27. The number of rotatable bonds is 2. The third-order valence-electron chi connectivity index (χ3n) is 2.60. The van der Waals surface area contributed by atoms with Crippen molar-refractivity contribution in [1.29, 1.82) is 0 Å². The quantitative estimate of drug-likeness (QED) is 0.751. The Kier molecular flexibility index (Phi) is 2.52. The fraction of sp³-hybridized carbons (Fsp3) is 0.778. The molecule has 5 nitrogen and oxygen atoms in total. The third-order valence-corrected chi connectivity index (χ3v) is 2.60. The van der Waals surface area contributed by atoms with Gasteiger partial charge in [0.15, 0.2) is 5.82 Å². The highest BCUT2D eigenvalue weighted by Crippen LogP contribution is 2.26. The van der Waals surface area contributed by atoms with Crippen molar-refractivity contribution in [3.8, 4) is 0 Å². The van der Waals surface area contributed by atoms with Gasteiger partial charge in [-0.2, -0.15) is 4.98 Å². The average molecular weight is 197 g/mol. The van der Waals surface area contributed by atoms with Gasteiger partial charge in [0.05, 0.1) is 5.54 Å². The van der Waals surface area contributed by atoms with Crippen LogP contribution in [-0.2, 0) is 16.7 Å². The van der Waals surface area contributed by atoms with E-state index in [1.165, 1.54) is 0 Å². The second kappa shape index (κ2) is 3.67. The summed E-state index contributed by atoms with van der Waals surface area (Å²) in [6, 6.07) is 0. The molecule has 0 bridgehead atoms. The first kappa shape index (κ1) is 9.61. The minimum absolute atomic E-state index is 0.449. The van der Waals surface area contributed by atoms with Crippen LogP contribution in [0.5, 0.6) is 0 Å². The molecule has 5 heteroatoms. The lowest BCUT2D eigenvalue weighted by atomic mass is 9.91. The number of hydrogen-bond donors (Lipinski definition) is 1. The highest BCUT2D eigenvalue weighted by Gasteiger charge is 2.34. The highest BCUT2D eigenvalue weighted by molar-refractivity contribution is 5.04. The van der Waals surface area contributed by atoms with Crippen molar-refractivity contribution < 1.29 is 9.26 Å². The molecule has 1 fully saturated rings. The minimum Gasteiger partial charge on any atom is -0.381 e. The first-order valence-electron chi connectivity index (χ1n) is 4.94. The molecule has 1 aliphatic rings. The van der Waals surface area contributed by atoms with Crippen LogP contribution in [0, 0.1) is 0 Å². The van der Waals surface area contributed by atoms with Crippen LogP contribution in [0.3, 0.4) is 0 Å². The maximum Gasteiger partial charge on any atom is 0.226 e. The van der Waals surface area contributed by atoms with E-state index in [0.717, 1.165) is 19.3 Å². The molecule has 2 heterocycles. The molecule has 0 aromatic carbocycles. The van der Waals surface area contributed by atoms with E-state index in [1.807, 2.05) is 6.92 Å². The zero-order valence-corrected chi connectivity index (χ0v) is 8.32. The molecule has 0 saturated carbocycles. The summed E-state index contributed by atoms with van der Waals surface area (Å²) in [5.41, 5.74) is 5.73. The van der Waals surface area contributed by atoms with Crippen molar-refractivity contribution >= 4 is 0 Å². The molecule has 0 unspecified atom stereocenters. The van der Waals surface area contributed by atoms with Gasteiger partial charge in [0, 0.05) is 19.6 Å². The van der Waals surface area contributed by atoms with Gasteiger partial charge in [0.2, 0.25) is 5.89 Å². The number of nitrogens with two attached hydrogens (primary N) is 1. The highest BCUT2D eigenvalue weighted by atomic mass is 16.5. The second-order valence-corrected chi connectivity index (χ2v) is 3.63. The van der Waals surface area contributed by atoms with Crippen molar-refractivity contribution in [3.05, 3.63) is 11.7 Å². The summed E-state index contributed by atoms with van der Waals surface area (Å²) < 4.78 is 10.3. The summed E-state index contributed by atoms with van der Waals surface area (Å²) in [6.45, 7) is 3.32.